The topological polar surface area (TPSA) is 12.0 Å². The number of halogens is 4. The lowest BCUT2D eigenvalue weighted by Gasteiger charge is -2.20. The van der Waals surface area contributed by atoms with Crippen LogP contribution in [0.3, 0.4) is 0 Å². The van der Waals surface area contributed by atoms with E-state index < -0.39 is 0 Å². The molecule has 1 heterocycles. The average Bonchev–Trinajstić information content (AvgIpc) is 2.69. The van der Waals surface area contributed by atoms with Gasteiger partial charge in [-0.25, -0.2) is 0 Å². The molecule has 0 bridgehead atoms. The molecule has 2 rings (SSSR count). The normalized spacial score (nSPS) is 12.7. The molecule has 1 aromatic carbocycles. The summed E-state index contributed by atoms with van der Waals surface area (Å²) in [4.78, 5) is 0. The molecule has 1 unspecified atom stereocenters. The van der Waals surface area contributed by atoms with Gasteiger partial charge in [0.05, 0.1) is 13.6 Å². The van der Waals surface area contributed by atoms with Gasteiger partial charge in [0.1, 0.15) is 0 Å². The Hall–Kier alpha value is 1.05. The molecule has 1 nitrogen and oxygen atoms in total. The molecule has 0 spiro atoms. The van der Waals surface area contributed by atoms with E-state index in [0.29, 0.717) is 0 Å². The van der Waals surface area contributed by atoms with Crippen molar-refractivity contribution in [2.24, 2.45) is 0 Å². The van der Waals surface area contributed by atoms with Gasteiger partial charge in [-0.2, -0.15) is 0 Å². The van der Waals surface area contributed by atoms with E-state index in [1.807, 2.05) is 0 Å². The van der Waals surface area contributed by atoms with Crippen LogP contribution in [0.5, 0.6) is 0 Å². The molecule has 0 aliphatic rings. The molecule has 0 radical (unpaired) electrons. The lowest BCUT2D eigenvalue weighted by atomic mass is 10.0. The van der Waals surface area contributed by atoms with Crippen molar-refractivity contribution in [3.05, 3.63) is 51.0 Å². The number of hydrogen-bond donors (Lipinski definition) is 1. The van der Waals surface area contributed by atoms with Crippen LogP contribution in [0.15, 0.2) is 36.3 Å². The molecule has 1 N–H and O–H groups in total. The summed E-state index contributed by atoms with van der Waals surface area (Å²) in [7, 11) is 0. The van der Waals surface area contributed by atoms with Gasteiger partial charge in [0.2, 0.25) is 0 Å². The molecular weight excluding hydrogens is 569 g/mol. The summed E-state index contributed by atoms with van der Waals surface area (Å²) in [6, 6.07) is 8.79. The highest BCUT2D eigenvalue weighted by atomic mass is 127. The SMILES string of the molecule is CCNC(c1cc(I)ccc1Br)c1cc(Br)sc1Br. The van der Waals surface area contributed by atoms with E-state index in [1.54, 1.807) is 11.3 Å². The zero-order chi connectivity index (χ0) is 14.0. The monoisotopic (exact) mass is 577 g/mol. The number of benzene rings is 1. The van der Waals surface area contributed by atoms with Crippen molar-refractivity contribution in [2.75, 3.05) is 6.54 Å². The predicted molar refractivity (Wildman–Crippen MR) is 102 cm³/mol. The molecule has 0 aliphatic heterocycles. The quantitative estimate of drug-likeness (QED) is 0.417. The molecular formula is C13H11Br3INS. The van der Waals surface area contributed by atoms with Gasteiger partial charge in [-0.3, -0.25) is 0 Å². The third-order valence-corrected chi connectivity index (χ3v) is 6.45. The summed E-state index contributed by atoms with van der Waals surface area (Å²) in [5.74, 6) is 0. The van der Waals surface area contributed by atoms with Crippen molar-refractivity contribution in [3.8, 4) is 0 Å². The number of nitrogens with one attached hydrogen (secondary N) is 1. The fourth-order valence-corrected chi connectivity index (χ4v) is 5.77. The summed E-state index contributed by atoms with van der Waals surface area (Å²) in [6.07, 6.45) is 0. The van der Waals surface area contributed by atoms with Crippen molar-refractivity contribution < 1.29 is 0 Å². The van der Waals surface area contributed by atoms with Crippen molar-refractivity contribution >= 4 is 81.7 Å². The van der Waals surface area contributed by atoms with Crippen LogP contribution in [0.25, 0.3) is 0 Å². The van der Waals surface area contributed by atoms with Crippen molar-refractivity contribution in [3.63, 3.8) is 0 Å². The summed E-state index contributed by atoms with van der Waals surface area (Å²) in [5, 5.41) is 3.56. The second-order valence-corrected chi connectivity index (χ2v) is 9.79. The van der Waals surface area contributed by atoms with Gasteiger partial charge in [0, 0.05) is 8.04 Å². The van der Waals surface area contributed by atoms with Crippen LogP contribution in [0.1, 0.15) is 24.1 Å². The molecule has 102 valence electrons. The minimum Gasteiger partial charge on any atom is -0.306 e. The Balaban J connectivity index is 2.51. The van der Waals surface area contributed by atoms with E-state index in [1.165, 1.54) is 14.7 Å². The molecule has 0 saturated heterocycles. The maximum Gasteiger partial charge on any atom is 0.0761 e. The Labute approximate surface area is 156 Å². The van der Waals surface area contributed by atoms with Gasteiger partial charge in [-0.1, -0.05) is 22.9 Å². The first-order chi connectivity index (χ1) is 9.02. The lowest BCUT2D eigenvalue weighted by Crippen LogP contribution is -2.22. The van der Waals surface area contributed by atoms with Gasteiger partial charge in [-0.15, -0.1) is 11.3 Å². The predicted octanol–water partition coefficient (Wildman–Crippen LogP) is 6.34. The second kappa shape index (κ2) is 7.35. The van der Waals surface area contributed by atoms with Crippen LogP contribution < -0.4 is 5.32 Å². The molecule has 6 heteroatoms. The van der Waals surface area contributed by atoms with Gasteiger partial charge in [0.25, 0.3) is 0 Å². The molecule has 2 aromatic rings. The lowest BCUT2D eigenvalue weighted by molar-refractivity contribution is 0.628. The van der Waals surface area contributed by atoms with E-state index in [0.717, 1.165) is 18.6 Å². The zero-order valence-corrected chi connectivity index (χ0v) is 17.7. The van der Waals surface area contributed by atoms with E-state index in [-0.39, 0.29) is 6.04 Å². The molecule has 1 aromatic heterocycles. The Bertz CT molecular complexity index is 585. The number of rotatable bonds is 4. The Morgan fingerprint density at radius 3 is 2.53 bits per heavy atom. The van der Waals surface area contributed by atoms with Gasteiger partial charge in [0.15, 0.2) is 0 Å². The molecule has 0 aliphatic carbocycles. The summed E-state index contributed by atoms with van der Waals surface area (Å²) < 4.78 is 4.67. The van der Waals surface area contributed by atoms with Crippen LogP contribution in [0, 0.1) is 3.57 Å². The van der Waals surface area contributed by atoms with E-state index in [9.17, 15) is 0 Å². The zero-order valence-electron chi connectivity index (χ0n) is 10.0. The van der Waals surface area contributed by atoms with Gasteiger partial charge in [-0.05, 0) is 96.4 Å². The first-order valence-corrected chi connectivity index (χ1v) is 9.93. The van der Waals surface area contributed by atoms with Crippen molar-refractivity contribution in [2.45, 2.75) is 13.0 Å². The highest BCUT2D eigenvalue weighted by molar-refractivity contribution is 14.1. The van der Waals surface area contributed by atoms with Crippen LogP contribution in [-0.2, 0) is 0 Å². The summed E-state index contributed by atoms with van der Waals surface area (Å²) in [6.45, 7) is 3.05. The molecule has 0 amide bonds. The van der Waals surface area contributed by atoms with Gasteiger partial charge >= 0.3 is 0 Å². The molecule has 0 saturated carbocycles. The Kier molecular flexibility index (Phi) is 6.36. The first-order valence-electron chi connectivity index (χ1n) is 5.66. The van der Waals surface area contributed by atoms with E-state index >= 15 is 0 Å². The van der Waals surface area contributed by atoms with Crippen molar-refractivity contribution in [1.82, 2.24) is 5.32 Å². The maximum atomic E-state index is 3.66. The third kappa shape index (κ3) is 4.03. The van der Waals surface area contributed by atoms with E-state index in [2.05, 4.69) is 107 Å². The first kappa shape index (κ1) is 16.4. The highest BCUT2D eigenvalue weighted by Gasteiger charge is 2.20. The number of thiophene rings is 1. The van der Waals surface area contributed by atoms with Crippen LogP contribution >= 0.6 is 81.7 Å². The molecule has 1 atom stereocenters. The fourth-order valence-electron chi connectivity index (χ4n) is 1.88. The molecule has 19 heavy (non-hydrogen) atoms. The van der Waals surface area contributed by atoms with Crippen LogP contribution in [0.2, 0.25) is 0 Å². The van der Waals surface area contributed by atoms with Crippen molar-refractivity contribution in [1.29, 1.82) is 0 Å². The minimum absolute atomic E-state index is 0.186. The standard InChI is InChI=1S/C13H11Br3INS/c1-2-18-12(9-6-11(15)19-13(9)16)8-5-7(17)3-4-10(8)14/h3-6,12,18H,2H2,1H3. The van der Waals surface area contributed by atoms with Gasteiger partial charge < -0.3 is 5.32 Å². The number of hydrogen-bond acceptors (Lipinski definition) is 2. The van der Waals surface area contributed by atoms with Crippen LogP contribution in [0.4, 0.5) is 0 Å². The second-order valence-electron chi connectivity index (χ2n) is 3.94. The maximum absolute atomic E-state index is 3.66. The Morgan fingerprint density at radius 2 is 1.95 bits per heavy atom. The summed E-state index contributed by atoms with van der Waals surface area (Å²) >= 11 is 14.9. The smallest absolute Gasteiger partial charge is 0.0761 e. The fraction of sp³-hybridized carbons (Fsp3) is 0.231. The molecule has 0 fully saturated rings. The average molecular weight is 580 g/mol. The summed E-state index contributed by atoms with van der Waals surface area (Å²) in [5.41, 5.74) is 2.53. The largest absolute Gasteiger partial charge is 0.306 e. The van der Waals surface area contributed by atoms with E-state index in [4.69, 9.17) is 0 Å². The third-order valence-electron chi connectivity index (χ3n) is 2.67. The minimum atomic E-state index is 0.186. The highest BCUT2D eigenvalue weighted by Crippen LogP contribution is 2.39. The Morgan fingerprint density at radius 1 is 1.21 bits per heavy atom. The van der Waals surface area contributed by atoms with Crippen LogP contribution in [-0.4, -0.2) is 6.54 Å².